The molecule has 27 heavy (non-hydrogen) atoms. The molecule has 0 radical (unpaired) electrons. The molecule has 0 bridgehead atoms. The van der Waals surface area contributed by atoms with Crippen LogP contribution >= 0.6 is 0 Å². The second kappa shape index (κ2) is 8.45. The van der Waals surface area contributed by atoms with E-state index >= 15 is 0 Å². The number of nitrogens with one attached hydrogen (secondary N) is 1. The average molecular weight is 364 g/mol. The summed E-state index contributed by atoms with van der Waals surface area (Å²) in [4.78, 5) is 16.1. The molecule has 0 atom stereocenters. The Kier molecular flexibility index (Phi) is 5.81. The zero-order valence-electron chi connectivity index (χ0n) is 15.3. The Morgan fingerprint density at radius 1 is 1.11 bits per heavy atom. The fourth-order valence-electron chi connectivity index (χ4n) is 2.81. The van der Waals surface area contributed by atoms with Gasteiger partial charge >= 0.3 is 0 Å². The second-order valence-corrected chi connectivity index (χ2v) is 6.21. The molecule has 1 N–H and O–H groups in total. The normalized spacial score (nSPS) is 10.5. The van der Waals surface area contributed by atoms with Crippen molar-refractivity contribution >= 4 is 11.6 Å². The predicted octanol–water partition coefficient (Wildman–Crippen LogP) is 5.53. The Morgan fingerprint density at radius 2 is 1.93 bits per heavy atom. The van der Waals surface area contributed by atoms with Gasteiger partial charge in [0, 0.05) is 11.8 Å². The fourth-order valence-corrected chi connectivity index (χ4v) is 2.81. The molecule has 0 saturated heterocycles. The summed E-state index contributed by atoms with van der Waals surface area (Å²) in [6.45, 7) is 3.72. The number of benzene rings is 2. The first kappa shape index (κ1) is 18.6. The minimum Gasteiger partial charge on any atom is -0.457 e. The Bertz CT molecular complexity index is 957. The van der Waals surface area contributed by atoms with Crippen LogP contribution in [0.25, 0.3) is 0 Å². The maximum atomic E-state index is 13.1. The van der Waals surface area contributed by atoms with Crippen molar-refractivity contribution < 1.29 is 13.9 Å². The van der Waals surface area contributed by atoms with Gasteiger partial charge in [-0.15, -0.1) is 0 Å². The van der Waals surface area contributed by atoms with Crippen LogP contribution < -0.4 is 10.1 Å². The number of anilines is 1. The first-order valence-electron chi connectivity index (χ1n) is 8.87. The van der Waals surface area contributed by atoms with Crippen LogP contribution in [0.15, 0.2) is 60.7 Å². The summed E-state index contributed by atoms with van der Waals surface area (Å²) in [6, 6.07) is 17.7. The number of ether oxygens (including phenoxy) is 1. The Morgan fingerprint density at radius 3 is 2.70 bits per heavy atom. The summed E-state index contributed by atoms with van der Waals surface area (Å²) in [5.41, 5.74) is 2.40. The lowest BCUT2D eigenvalue weighted by atomic mass is 10.1. The van der Waals surface area contributed by atoms with Crippen LogP contribution in [0.5, 0.6) is 11.5 Å². The average Bonchev–Trinajstić information content (AvgIpc) is 2.64. The van der Waals surface area contributed by atoms with E-state index in [0.29, 0.717) is 22.7 Å². The first-order chi connectivity index (χ1) is 13.1. The van der Waals surface area contributed by atoms with Gasteiger partial charge in [-0.2, -0.15) is 4.39 Å². The largest absolute Gasteiger partial charge is 0.457 e. The molecule has 3 aromatic rings. The van der Waals surface area contributed by atoms with Gasteiger partial charge in [0.15, 0.2) is 0 Å². The highest BCUT2D eigenvalue weighted by molar-refractivity contribution is 6.05. The number of halogens is 1. The van der Waals surface area contributed by atoms with Gasteiger partial charge in [0.05, 0.1) is 11.3 Å². The topological polar surface area (TPSA) is 51.2 Å². The summed E-state index contributed by atoms with van der Waals surface area (Å²) in [6.07, 6.45) is 1.96. The first-order valence-corrected chi connectivity index (χ1v) is 8.87. The summed E-state index contributed by atoms with van der Waals surface area (Å²) in [5.74, 6) is 0.487. The molecule has 2 aromatic carbocycles. The number of carbonyl (C=O) groups excluding carboxylic acids is 1. The van der Waals surface area contributed by atoms with Crippen LogP contribution in [0.4, 0.5) is 10.1 Å². The number of aryl methyl sites for hydroxylation is 2. The number of nitrogens with zero attached hydrogens (tertiary/aromatic N) is 1. The SMILES string of the molecule is CCCc1ccccc1Oc1cccc(NC(=O)c2ccc(F)nc2C)c1. The van der Waals surface area contributed by atoms with Gasteiger partial charge in [-0.25, -0.2) is 4.98 Å². The van der Waals surface area contributed by atoms with Crippen LogP contribution in [0, 0.1) is 12.9 Å². The zero-order chi connectivity index (χ0) is 19.2. The molecule has 0 saturated carbocycles. The van der Waals surface area contributed by atoms with E-state index in [1.165, 1.54) is 12.1 Å². The minimum atomic E-state index is -0.606. The molecule has 0 spiro atoms. The lowest BCUT2D eigenvalue weighted by Gasteiger charge is -2.12. The van der Waals surface area contributed by atoms with Crippen molar-refractivity contribution in [3.8, 4) is 11.5 Å². The molecule has 138 valence electrons. The molecule has 0 aliphatic rings. The van der Waals surface area contributed by atoms with E-state index in [1.807, 2.05) is 30.3 Å². The van der Waals surface area contributed by atoms with Crippen molar-refractivity contribution in [3.05, 3.63) is 83.4 Å². The smallest absolute Gasteiger partial charge is 0.257 e. The lowest BCUT2D eigenvalue weighted by molar-refractivity contribution is 0.102. The van der Waals surface area contributed by atoms with E-state index in [4.69, 9.17) is 4.74 Å². The van der Waals surface area contributed by atoms with Crippen molar-refractivity contribution in [2.45, 2.75) is 26.7 Å². The third kappa shape index (κ3) is 4.70. The summed E-state index contributed by atoms with van der Waals surface area (Å²) < 4.78 is 19.1. The molecule has 1 heterocycles. The number of amides is 1. The number of pyridine rings is 1. The van der Waals surface area contributed by atoms with E-state index in [0.717, 1.165) is 24.2 Å². The lowest BCUT2D eigenvalue weighted by Crippen LogP contribution is -2.14. The highest BCUT2D eigenvalue weighted by Crippen LogP contribution is 2.28. The van der Waals surface area contributed by atoms with Gasteiger partial charge in [0.2, 0.25) is 5.95 Å². The summed E-state index contributed by atoms with van der Waals surface area (Å²) >= 11 is 0. The van der Waals surface area contributed by atoms with E-state index in [9.17, 15) is 9.18 Å². The monoisotopic (exact) mass is 364 g/mol. The minimum absolute atomic E-state index is 0.330. The van der Waals surface area contributed by atoms with Gasteiger partial charge in [0.25, 0.3) is 5.91 Å². The summed E-state index contributed by atoms with van der Waals surface area (Å²) in [5, 5.41) is 2.80. The molecule has 0 aliphatic carbocycles. The number of rotatable bonds is 6. The Hall–Kier alpha value is -3.21. The van der Waals surface area contributed by atoms with Gasteiger partial charge in [-0.3, -0.25) is 4.79 Å². The van der Waals surface area contributed by atoms with E-state index < -0.39 is 5.95 Å². The molecular formula is C22H21FN2O2. The Labute approximate surface area is 158 Å². The van der Waals surface area contributed by atoms with Gasteiger partial charge in [-0.05, 0) is 49.2 Å². The van der Waals surface area contributed by atoms with Crippen molar-refractivity contribution in [3.63, 3.8) is 0 Å². The highest BCUT2D eigenvalue weighted by atomic mass is 19.1. The second-order valence-electron chi connectivity index (χ2n) is 6.21. The van der Waals surface area contributed by atoms with Gasteiger partial charge < -0.3 is 10.1 Å². The van der Waals surface area contributed by atoms with Crippen molar-refractivity contribution in [1.82, 2.24) is 4.98 Å². The standard InChI is InChI=1S/C22H21FN2O2/c1-3-7-16-8-4-5-11-20(16)27-18-10-6-9-17(14-18)25-22(26)19-12-13-21(23)24-15(19)2/h4-6,8-14H,3,7H2,1-2H3,(H,25,26). The molecule has 1 aromatic heterocycles. The molecule has 5 heteroatoms. The van der Waals surface area contributed by atoms with E-state index in [1.54, 1.807) is 19.1 Å². The number of para-hydroxylation sites is 1. The van der Waals surface area contributed by atoms with Crippen LogP contribution in [0.3, 0.4) is 0 Å². The molecule has 1 amide bonds. The molecule has 4 nitrogen and oxygen atoms in total. The maximum Gasteiger partial charge on any atom is 0.257 e. The predicted molar refractivity (Wildman–Crippen MR) is 104 cm³/mol. The van der Waals surface area contributed by atoms with Crippen LogP contribution in [-0.4, -0.2) is 10.9 Å². The number of hydrogen-bond donors (Lipinski definition) is 1. The molecule has 0 aliphatic heterocycles. The number of carbonyl (C=O) groups is 1. The third-order valence-corrected chi connectivity index (χ3v) is 4.11. The highest BCUT2D eigenvalue weighted by Gasteiger charge is 2.12. The third-order valence-electron chi connectivity index (χ3n) is 4.11. The molecular weight excluding hydrogens is 343 g/mol. The van der Waals surface area contributed by atoms with Crippen molar-refractivity contribution in [2.75, 3.05) is 5.32 Å². The number of hydrogen-bond acceptors (Lipinski definition) is 3. The number of aromatic nitrogens is 1. The van der Waals surface area contributed by atoms with Crippen LogP contribution in [0.2, 0.25) is 0 Å². The zero-order valence-corrected chi connectivity index (χ0v) is 15.3. The summed E-state index contributed by atoms with van der Waals surface area (Å²) in [7, 11) is 0. The fraction of sp³-hybridized carbons (Fsp3) is 0.182. The molecule has 3 rings (SSSR count). The van der Waals surface area contributed by atoms with E-state index in [-0.39, 0.29) is 5.91 Å². The van der Waals surface area contributed by atoms with Gasteiger partial charge in [-0.1, -0.05) is 37.6 Å². The van der Waals surface area contributed by atoms with Crippen molar-refractivity contribution in [2.24, 2.45) is 0 Å². The van der Waals surface area contributed by atoms with E-state index in [2.05, 4.69) is 23.3 Å². The van der Waals surface area contributed by atoms with Gasteiger partial charge in [0.1, 0.15) is 11.5 Å². The van der Waals surface area contributed by atoms with Crippen LogP contribution in [0.1, 0.15) is 35.0 Å². The molecule has 0 unspecified atom stereocenters. The Balaban J connectivity index is 1.77. The van der Waals surface area contributed by atoms with Crippen LogP contribution in [-0.2, 0) is 6.42 Å². The van der Waals surface area contributed by atoms with Crippen molar-refractivity contribution in [1.29, 1.82) is 0 Å². The molecule has 0 fully saturated rings. The maximum absolute atomic E-state index is 13.1. The quantitative estimate of drug-likeness (QED) is 0.585.